The molecule has 0 aliphatic carbocycles. The molecule has 1 aliphatic rings. The third-order valence-electron chi connectivity index (χ3n) is 5.48. The molecular formula is C23H22N6O. The van der Waals surface area contributed by atoms with Gasteiger partial charge in [-0.25, -0.2) is 0 Å². The average Bonchev–Trinajstić information content (AvgIpc) is 3.24. The van der Waals surface area contributed by atoms with Crippen molar-refractivity contribution < 1.29 is 4.79 Å². The van der Waals surface area contributed by atoms with Crippen LogP contribution in [0.4, 0.5) is 11.4 Å². The zero-order valence-electron chi connectivity index (χ0n) is 16.5. The molecule has 7 nitrogen and oxygen atoms in total. The summed E-state index contributed by atoms with van der Waals surface area (Å²) in [6.45, 7) is 2.15. The Morgan fingerprint density at radius 1 is 0.967 bits per heavy atom. The Morgan fingerprint density at radius 2 is 1.87 bits per heavy atom. The average molecular weight is 398 g/mol. The molecule has 1 amide bonds. The predicted octanol–water partition coefficient (Wildman–Crippen LogP) is 4.26. The normalized spacial score (nSPS) is 14.1. The molecule has 2 N–H and O–H groups in total. The van der Waals surface area contributed by atoms with Gasteiger partial charge in [0, 0.05) is 36.4 Å². The molecule has 0 unspecified atom stereocenters. The summed E-state index contributed by atoms with van der Waals surface area (Å²) in [4.78, 5) is 23.6. The van der Waals surface area contributed by atoms with Crippen LogP contribution in [-0.4, -0.2) is 39.2 Å². The second kappa shape index (κ2) is 7.94. The molecule has 150 valence electrons. The fourth-order valence-corrected chi connectivity index (χ4v) is 3.90. The lowest BCUT2D eigenvalue weighted by atomic mass is 10.0. The summed E-state index contributed by atoms with van der Waals surface area (Å²) in [6, 6.07) is 11.7. The Kier molecular flexibility index (Phi) is 4.85. The number of carbonyl (C=O) groups is 1. The van der Waals surface area contributed by atoms with Crippen LogP contribution in [-0.2, 0) is 0 Å². The SMILES string of the molecule is O=C(Nc1cccnc1)c1n[nH]c2ccc(-c3cncc(N4CCCCC4)c3)cc12. The number of rotatable bonds is 4. The van der Waals surface area contributed by atoms with Gasteiger partial charge < -0.3 is 10.2 Å². The van der Waals surface area contributed by atoms with E-state index in [1.54, 1.807) is 24.5 Å². The number of fused-ring (bicyclic) bond motifs is 1. The van der Waals surface area contributed by atoms with E-state index in [1.807, 2.05) is 30.6 Å². The highest BCUT2D eigenvalue weighted by molar-refractivity contribution is 6.11. The van der Waals surface area contributed by atoms with Crippen molar-refractivity contribution in [2.75, 3.05) is 23.3 Å². The van der Waals surface area contributed by atoms with E-state index in [2.05, 4.69) is 36.4 Å². The van der Waals surface area contributed by atoms with E-state index in [-0.39, 0.29) is 5.91 Å². The Balaban J connectivity index is 1.46. The van der Waals surface area contributed by atoms with Gasteiger partial charge in [0.2, 0.25) is 0 Å². The van der Waals surface area contributed by atoms with Crippen molar-refractivity contribution >= 4 is 28.2 Å². The Labute approximate surface area is 174 Å². The maximum Gasteiger partial charge on any atom is 0.276 e. The quantitative estimate of drug-likeness (QED) is 0.536. The number of aromatic nitrogens is 4. The van der Waals surface area contributed by atoms with E-state index in [1.165, 1.54) is 19.3 Å². The number of anilines is 2. The van der Waals surface area contributed by atoms with Gasteiger partial charge in [-0.15, -0.1) is 0 Å². The fraction of sp³-hybridized carbons (Fsp3) is 0.217. The number of piperidine rings is 1. The number of nitrogens with one attached hydrogen (secondary N) is 2. The van der Waals surface area contributed by atoms with Crippen LogP contribution in [0.3, 0.4) is 0 Å². The highest BCUT2D eigenvalue weighted by Crippen LogP contribution is 2.29. The molecule has 0 bridgehead atoms. The molecule has 5 rings (SSSR count). The largest absolute Gasteiger partial charge is 0.370 e. The van der Waals surface area contributed by atoms with Crippen molar-refractivity contribution in [1.29, 1.82) is 0 Å². The molecular weight excluding hydrogens is 376 g/mol. The summed E-state index contributed by atoms with van der Waals surface area (Å²) in [5.41, 5.74) is 4.99. The Morgan fingerprint density at radius 3 is 2.70 bits per heavy atom. The molecule has 7 heteroatoms. The van der Waals surface area contributed by atoms with Crippen LogP contribution in [0.5, 0.6) is 0 Å². The first-order chi connectivity index (χ1) is 14.8. The molecule has 30 heavy (non-hydrogen) atoms. The Bertz CT molecular complexity index is 1180. The zero-order valence-corrected chi connectivity index (χ0v) is 16.5. The number of hydrogen-bond donors (Lipinski definition) is 2. The lowest BCUT2D eigenvalue weighted by molar-refractivity contribution is 0.102. The number of nitrogens with zero attached hydrogens (tertiary/aromatic N) is 4. The fourth-order valence-electron chi connectivity index (χ4n) is 3.90. The summed E-state index contributed by atoms with van der Waals surface area (Å²) in [7, 11) is 0. The maximum absolute atomic E-state index is 12.8. The molecule has 1 saturated heterocycles. The van der Waals surface area contributed by atoms with Gasteiger partial charge in [0.15, 0.2) is 5.69 Å². The number of benzene rings is 1. The van der Waals surface area contributed by atoms with E-state index in [0.29, 0.717) is 11.4 Å². The van der Waals surface area contributed by atoms with E-state index < -0.39 is 0 Å². The standard InChI is InChI=1S/C23H22N6O/c30-23(26-18-5-4-8-24-14-18)22-20-12-16(6-7-21(20)27-28-22)17-11-19(15-25-13-17)29-9-2-1-3-10-29/h4-8,11-15H,1-3,9-10H2,(H,26,30)(H,27,28). The van der Waals surface area contributed by atoms with Crippen molar-refractivity contribution in [3.63, 3.8) is 0 Å². The summed E-state index contributed by atoms with van der Waals surface area (Å²) >= 11 is 0. The monoisotopic (exact) mass is 398 g/mol. The van der Waals surface area contributed by atoms with E-state index in [4.69, 9.17) is 0 Å². The molecule has 4 heterocycles. The zero-order chi connectivity index (χ0) is 20.3. The minimum atomic E-state index is -0.272. The summed E-state index contributed by atoms with van der Waals surface area (Å²) in [5.74, 6) is -0.272. The van der Waals surface area contributed by atoms with Gasteiger partial charge in [0.25, 0.3) is 5.91 Å². The maximum atomic E-state index is 12.8. The van der Waals surface area contributed by atoms with Crippen molar-refractivity contribution in [2.24, 2.45) is 0 Å². The third kappa shape index (κ3) is 3.61. The summed E-state index contributed by atoms with van der Waals surface area (Å²) in [6.07, 6.45) is 10.8. The highest BCUT2D eigenvalue weighted by atomic mass is 16.1. The first-order valence-electron chi connectivity index (χ1n) is 10.2. The second-order valence-corrected chi connectivity index (χ2v) is 7.51. The molecule has 0 radical (unpaired) electrons. The van der Waals surface area contributed by atoms with Gasteiger partial charge in [0.1, 0.15) is 0 Å². The molecule has 1 aromatic carbocycles. The molecule has 1 fully saturated rings. The van der Waals surface area contributed by atoms with Crippen LogP contribution in [0, 0.1) is 0 Å². The van der Waals surface area contributed by atoms with Crippen LogP contribution >= 0.6 is 0 Å². The molecule has 1 aliphatic heterocycles. The highest BCUT2D eigenvalue weighted by Gasteiger charge is 2.16. The summed E-state index contributed by atoms with van der Waals surface area (Å²) in [5, 5.41) is 10.8. The van der Waals surface area contributed by atoms with Crippen molar-refractivity contribution in [3.05, 3.63) is 66.9 Å². The molecule has 0 saturated carbocycles. The minimum Gasteiger partial charge on any atom is -0.370 e. The van der Waals surface area contributed by atoms with Crippen molar-refractivity contribution in [2.45, 2.75) is 19.3 Å². The van der Waals surface area contributed by atoms with Gasteiger partial charge >= 0.3 is 0 Å². The number of amides is 1. The van der Waals surface area contributed by atoms with Crippen LogP contribution in [0.25, 0.3) is 22.0 Å². The minimum absolute atomic E-state index is 0.272. The first kappa shape index (κ1) is 18.3. The van der Waals surface area contributed by atoms with Gasteiger partial charge in [-0.3, -0.25) is 19.9 Å². The first-order valence-corrected chi connectivity index (χ1v) is 10.2. The number of H-pyrrole nitrogens is 1. The van der Waals surface area contributed by atoms with E-state index in [0.717, 1.165) is 40.8 Å². The number of carbonyl (C=O) groups excluding carboxylic acids is 1. The van der Waals surface area contributed by atoms with Gasteiger partial charge in [0.05, 0.1) is 29.3 Å². The molecule has 4 aromatic rings. The van der Waals surface area contributed by atoms with Gasteiger partial charge in [-0.1, -0.05) is 6.07 Å². The van der Waals surface area contributed by atoms with Crippen molar-refractivity contribution in [3.8, 4) is 11.1 Å². The van der Waals surface area contributed by atoms with Gasteiger partial charge in [-0.2, -0.15) is 5.10 Å². The van der Waals surface area contributed by atoms with Crippen molar-refractivity contribution in [1.82, 2.24) is 20.2 Å². The molecule has 0 spiro atoms. The van der Waals surface area contributed by atoms with Crippen LogP contribution in [0.1, 0.15) is 29.8 Å². The van der Waals surface area contributed by atoms with Crippen LogP contribution in [0.2, 0.25) is 0 Å². The molecule has 3 aromatic heterocycles. The Hall–Kier alpha value is -3.74. The van der Waals surface area contributed by atoms with Crippen LogP contribution < -0.4 is 10.2 Å². The summed E-state index contributed by atoms with van der Waals surface area (Å²) < 4.78 is 0. The number of hydrogen-bond acceptors (Lipinski definition) is 5. The van der Waals surface area contributed by atoms with E-state index in [9.17, 15) is 4.79 Å². The van der Waals surface area contributed by atoms with Crippen LogP contribution in [0.15, 0.2) is 61.2 Å². The predicted molar refractivity (Wildman–Crippen MR) is 118 cm³/mol. The second-order valence-electron chi connectivity index (χ2n) is 7.51. The van der Waals surface area contributed by atoms with E-state index >= 15 is 0 Å². The lowest BCUT2D eigenvalue weighted by Gasteiger charge is -2.28. The van der Waals surface area contributed by atoms with Gasteiger partial charge in [-0.05, 0) is 55.2 Å². The number of aromatic amines is 1. The lowest BCUT2D eigenvalue weighted by Crippen LogP contribution is -2.29. The number of pyridine rings is 2. The third-order valence-corrected chi connectivity index (χ3v) is 5.48. The smallest absolute Gasteiger partial charge is 0.276 e. The molecule has 0 atom stereocenters. The topological polar surface area (TPSA) is 86.8 Å².